The molecule has 1 aromatic heterocycles. The predicted molar refractivity (Wildman–Crippen MR) is 60.9 cm³/mol. The van der Waals surface area contributed by atoms with Gasteiger partial charge in [-0.15, -0.1) is 0 Å². The molecule has 0 amide bonds. The summed E-state index contributed by atoms with van der Waals surface area (Å²) in [5.74, 6) is 1.08. The summed E-state index contributed by atoms with van der Waals surface area (Å²) in [5, 5.41) is 7.10. The maximum Gasteiger partial charge on any atom is 0.195 e. The third-order valence-electron chi connectivity index (χ3n) is 1.94. The highest BCUT2D eigenvalue weighted by molar-refractivity contribution is 7.71. The van der Waals surface area contributed by atoms with Gasteiger partial charge in [-0.3, -0.25) is 5.10 Å². The molecule has 1 N–H and O–H groups in total. The second-order valence-electron chi connectivity index (χ2n) is 4.84. The second kappa shape index (κ2) is 4.26. The van der Waals surface area contributed by atoms with Gasteiger partial charge >= 0.3 is 0 Å². The van der Waals surface area contributed by atoms with E-state index in [0.29, 0.717) is 0 Å². The predicted octanol–water partition coefficient (Wildman–Crippen LogP) is 2.94. The highest BCUT2D eigenvalue weighted by atomic mass is 32.1. The third-order valence-corrected chi connectivity index (χ3v) is 2.26. The number of aromatic nitrogens is 3. The highest BCUT2D eigenvalue weighted by Crippen LogP contribution is 2.17. The maximum absolute atomic E-state index is 5.20. The molecule has 0 aliphatic heterocycles. The maximum atomic E-state index is 5.20. The molecule has 0 unspecified atom stereocenters. The molecule has 1 heterocycles. The van der Waals surface area contributed by atoms with Crippen molar-refractivity contribution in [1.82, 2.24) is 14.8 Å². The lowest BCUT2D eigenvalue weighted by molar-refractivity contribution is 0.335. The number of rotatable bonds is 3. The number of nitrogens with zero attached hydrogens (tertiary/aromatic N) is 2. The number of aryl methyl sites for hydroxylation is 1. The van der Waals surface area contributed by atoms with Gasteiger partial charge in [0.05, 0.1) is 0 Å². The van der Waals surface area contributed by atoms with Crippen molar-refractivity contribution in [3.8, 4) is 0 Å². The van der Waals surface area contributed by atoms with Gasteiger partial charge in [0.2, 0.25) is 0 Å². The molecule has 14 heavy (non-hydrogen) atoms. The van der Waals surface area contributed by atoms with Gasteiger partial charge < -0.3 is 4.57 Å². The molecule has 0 aliphatic carbocycles. The molecule has 0 atom stereocenters. The molecule has 80 valence electrons. The van der Waals surface area contributed by atoms with E-state index in [4.69, 9.17) is 12.2 Å². The molecular weight excluding hydrogens is 194 g/mol. The summed E-state index contributed by atoms with van der Waals surface area (Å²) in [6.45, 7) is 9.70. The number of H-pyrrole nitrogens is 1. The lowest BCUT2D eigenvalue weighted by atomic mass is 9.97. The molecule has 0 spiro atoms. The number of aromatic amines is 1. The second-order valence-corrected chi connectivity index (χ2v) is 5.23. The fourth-order valence-electron chi connectivity index (χ4n) is 1.40. The summed E-state index contributed by atoms with van der Waals surface area (Å²) >= 11 is 5.20. The van der Waals surface area contributed by atoms with Crippen molar-refractivity contribution >= 4 is 12.2 Å². The van der Waals surface area contributed by atoms with E-state index in [-0.39, 0.29) is 5.41 Å². The van der Waals surface area contributed by atoms with Gasteiger partial charge in [-0.1, -0.05) is 27.7 Å². The monoisotopic (exact) mass is 213 g/mol. The summed E-state index contributed by atoms with van der Waals surface area (Å²) in [6.07, 6.45) is 2.09. The minimum atomic E-state index is 0.241. The van der Waals surface area contributed by atoms with Crippen LogP contribution in [-0.4, -0.2) is 14.8 Å². The topological polar surface area (TPSA) is 33.6 Å². The highest BCUT2D eigenvalue weighted by Gasteiger charge is 2.14. The average Bonchev–Trinajstić information content (AvgIpc) is 2.34. The first-order valence-corrected chi connectivity index (χ1v) is 5.49. The van der Waals surface area contributed by atoms with Gasteiger partial charge in [-0.05, 0) is 24.1 Å². The smallest absolute Gasteiger partial charge is 0.195 e. The van der Waals surface area contributed by atoms with Crippen molar-refractivity contribution in [1.29, 1.82) is 0 Å². The Morgan fingerprint density at radius 3 is 2.57 bits per heavy atom. The molecule has 3 nitrogen and oxygen atoms in total. The molecular formula is C10H19N3S. The van der Waals surface area contributed by atoms with Crippen molar-refractivity contribution in [3.05, 3.63) is 10.6 Å². The number of nitrogens with one attached hydrogen (secondary N) is 1. The first-order valence-electron chi connectivity index (χ1n) is 5.08. The van der Waals surface area contributed by atoms with Crippen LogP contribution in [0, 0.1) is 10.2 Å². The Hall–Kier alpha value is -0.640. The van der Waals surface area contributed by atoms with Crippen LogP contribution in [-0.2, 0) is 13.0 Å². The molecule has 1 rings (SSSR count). The fourth-order valence-corrected chi connectivity index (χ4v) is 1.62. The quantitative estimate of drug-likeness (QED) is 0.783. The summed E-state index contributed by atoms with van der Waals surface area (Å²) in [7, 11) is 0. The minimum absolute atomic E-state index is 0.241. The Kier molecular flexibility index (Phi) is 3.48. The molecule has 0 saturated heterocycles. The van der Waals surface area contributed by atoms with E-state index in [0.717, 1.165) is 30.0 Å². The van der Waals surface area contributed by atoms with E-state index >= 15 is 0 Å². The van der Waals surface area contributed by atoms with Crippen molar-refractivity contribution in [2.75, 3.05) is 0 Å². The van der Waals surface area contributed by atoms with Crippen molar-refractivity contribution < 1.29 is 0 Å². The van der Waals surface area contributed by atoms with Crippen LogP contribution in [0.4, 0.5) is 0 Å². The standard InChI is InChI=1S/C10H19N3S/c1-5-6-8-11-12-9(14)13(8)7-10(2,3)4/h5-7H2,1-4H3,(H,12,14). The first kappa shape index (κ1) is 11.4. The van der Waals surface area contributed by atoms with Gasteiger partial charge in [-0.25, -0.2) is 0 Å². The van der Waals surface area contributed by atoms with Gasteiger partial charge in [0, 0.05) is 13.0 Å². The largest absolute Gasteiger partial charge is 0.304 e. The van der Waals surface area contributed by atoms with Crippen LogP contribution in [0.1, 0.15) is 39.9 Å². The third kappa shape index (κ3) is 2.94. The summed E-state index contributed by atoms with van der Waals surface area (Å²) in [6, 6.07) is 0. The van der Waals surface area contributed by atoms with E-state index < -0.39 is 0 Å². The summed E-state index contributed by atoms with van der Waals surface area (Å²) in [5.41, 5.74) is 0.241. The van der Waals surface area contributed by atoms with Crippen LogP contribution >= 0.6 is 12.2 Å². The Morgan fingerprint density at radius 2 is 2.07 bits per heavy atom. The Balaban J connectivity index is 2.94. The molecule has 0 saturated carbocycles. The number of hydrogen-bond donors (Lipinski definition) is 1. The average molecular weight is 213 g/mol. The molecule has 0 radical (unpaired) electrons. The van der Waals surface area contributed by atoms with E-state index in [1.165, 1.54) is 0 Å². The lowest BCUT2D eigenvalue weighted by Gasteiger charge is -2.19. The van der Waals surface area contributed by atoms with Crippen LogP contribution in [0.2, 0.25) is 0 Å². The minimum Gasteiger partial charge on any atom is -0.304 e. The Morgan fingerprint density at radius 1 is 1.43 bits per heavy atom. The molecule has 0 aromatic carbocycles. The number of hydrogen-bond acceptors (Lipinski definition) is 2. The van der Waals surface area contributed by atoms with Crippen LogP contribution in [0.5, 0.6) is 0 Å². The fraction of sp³-hybridized carbons (Fsp3) is 0.800. The molecule has 4 heteroatoms. The summed E-state index contributed by atoms with van der Waals surface area (Å²) in [4.78, 5) is 0. The summed E-state index contributed by atoms with van der Waals surface area (Å²) < 4.78 is 2.85. The normalized spacial score (nSPS) is 12.0. The van der Waals surface area contributed by atoms with Gasteiger partial charge in [-0.2, -0.15) is 5.10 Å². The van der Waals surface area contributed by atoms with Gasteiger partial charge in [0.25, 0.3) is 0 Å². The van der Waals surface area contributed by atoms with E-state index in [2.05, 4.69) is 42.5 Å². The van der Waals surface area contributed by atoms with Crippen LogP contribution < -0.4 is 0 Å². The first-order chi connectivity index (χ1) is 6.44. The zero-order valence-corrected chi connectivity index (χ0v) is 10.2. The van der Waals surface area contributed by atoms with E-state index in [9.17, 15) is 0 Å². The van der Waals surface area contributed by atoms with Crippen LogP contribution in [0.15, 0.2) is 0 Å². The Bertz CT molecular complexity index is 343. The van der Waals surface area contributed by atoms with Crippen molar-refractivity contribution in [3.63, 3.8) is 0 Å². The molecule has 1 aromatic rings. The van der Waals surface area contributed by atoms with E-state index in [1.54, 1.807) is 0 Å². The SMILES string of the molecule is CCCc1n[nH]c(=S)n1CC(C)(C)C. The van der Waals surface area contributed by atoms with Crippen molar-refractivity contribution in [2.24, 2.45) is 5.41 Å². The van der Waals surface area contributed by atoms with Gasteiger partial charge in [0.1, 0.15) is 5.82 Å². The Labute approximate surface area is 90.5 Å². The molecule has 0 fully saturated rings. The lowest BCUT2D eigenvalue weighted by Crippen LogP contribution is -2.17. The zero-order chi connectivity index (χ0) is 10.8. The molecule has 0 bridgehead atoms. The molecule has 0 aliphatic rings. The van der Waals surface area contributed by atoms with Gasteiger partial charge in [0.15, 0.2) is 4.77 Å². The van der Waals surface area contributed by atoms with Crippen LogP contribution in [0.3, 0.4) is 0 Å². The van der Waals surface area contributed by atoms with E-state index in [1.807, 2.05) is 0 Å². The van der Waals surface area contributed by atoms with Crippen molar-refractivity contribution in [2.45, 2.75) is 47.1 Å². The van der Waals surface area contributed by atoms with Crippen LogP contribution in [0.25, 0.3) is 0 Å². The zero-order valence-electron chi connectivity index (χ0n) is 9.42.